The van der Waals surface area contributed by atoms with Gasteiger partial charge in [0.15, 0.2) is 0 Å². The van der Waals surface area contributed by atoms with E-state index in [1.807, 2.05) is 0 Å². The van der Waals surface area contributed by atoms with Crippen LogP contribution in [0.1, 0.15) is 5.56 Å². The molecular weight excluding hydrogens is 255 g/mol. The van der Waals surface area contributed by atoms with Gasteiger partial charge in [-0.1, -0.05) is 23.7 Å². The highest BCUT2D eigenvalue weighted by Crippen LogP contribution is 2.27. The number of halogens is 2. The minimum absolute atomic E-state index is 0.257. The zero-order valence-electron chi connectivity index (χ0n) is 9.49. The van der Waals surface area contributed by atoms with Gasteiger partial charge in [0, 0.05) is 0 Å². The standard InChI is InChI=1S/C13H12ClFN2O/c14-12-7-11(17-16)4-5-13(12)18-8-9-2-1-3-10(15)6-9/h1-7,17H,8,16H2. The first kappa shape index (κ1) is 12.7. The molecular formula is C13H12ClFN2O. The number of hydrazine groups is 1. The molecule has 0 amide bonds. The Morgan fingerprint density at radius 1 is 1.22 bits per heavy atom. The van der Waals surface area contributed by atoms with Gasteiger partial charge in [-0.05, 0) is 35.9 Å². The fourth-order valence-electron chi connectivity index (χ4n) is 1.50. The van der Waals surface area contributed by atoms with Gasteiger partial charge in [0.1, 0.15) is 18.2 Å². The van der Waals surface area contributed by atoms with Gasteiger partial charge >= 0.3 is 0 Å². The van der Waals surface area contributed by atoms with Crippen LogP contribution in [0.15, 0.2) is 42.5 Å². The van der Waals surface area contributed by atoms with E-state index < -0.39 is 0 Å². The number of rotatable bonds is 4. The number of anilines is 1. The third kappa shape index (κ3) is 3.12. The highest BCUT2D eigenvalue weighted by atomic mass is 35.5. The van der Waals surface area contributed by atoms with Crippen molar-refractivity contribution in [2.75, 3.05) is 5.43 Å². The van der Waals surface area contributed by atoms with Crippen LogP contribution in [0.25, 0.3) is 0 Å². The van der Waals surface area contributed by atoms with Crippen LogP contribution in [0.2, 0.25) is 5.02 Å². The lowest BCUT2D eigenvalue weighted by Crippen LogP contribution is -2.06. The second kappa shape index (κ2) is 5.71. The first-order valence-corrected chi connectivity index (χ1v) is 5.70. The molecule has 2 aromatic carbocycles. The number of nitrogens with two attached hydrogens (primary N) is 1. The highest BCUT2D eigenvalue weighted by Gasteiger charge is 2.03. The molecule has 18 heavy (non-hydrogen) atoms. The first-order chi connectivity index (χ1) is 8.69. The molecule has 0 aliphatic heterocycles. The van der Waals surface area contributed by atoms with E-state index in [-0.39, 0.29) is 12.4 Å². The van der Waals surface area contributed by atoms with Gasteiger partial charge in [-0.3, -0.25) is 5.84 Å². The Morgan fingerprint density at radius 3 is 2.72 bits per heavy atom. The van der Waals surface area contributed by atoms with E-state index in [9.17, 15) is 4.39 Å². The Hall–Kier alpha value is -1.78. The monoisotopic (exact) mass is 266 g/mol. The summed E-state index contributed by atoms with van der Waals surface area (Å²) in [4.78, 5) is 0. The maximum atomic E-state index is 13.0. The molecule has 0 saturated carbocycles. The summed E-state index contributed by atoms with van der Waals surface area (Å²) in [5.41, 5.74) is 3.92. The Kier molecular flexibility index (Phi) is 4.02. The van der Waals surface area contributed by atoms with Crippen LogP contribution < -0.4 is 16.0 Å². The number of benzene rings is 2. The molecule has 0 saturated heterocycles. The minimum atomic E-state index is -0.287. The van der Waals surface area contributed by atoms with E-state index in [2.05, 4.69) is 5.43 Å². The van der Waals surface area contributed by atoms with E-state index in [0.29, 0.717) is 16.5 Å². The average Bonchev–Trinajstić information content (AvgIpc) is 2.37. The molecule has 0 bridgehead atoms. The maximum Gasteiger partial charge on any atom is 0.138 e. The van der Waals surface area contributed by atoms with Gasteiger partial charge in [-0.2, -0.15) is 0 Å². The van der Waals surface area contributed by atoms with E-state index in [0.717, 1.165) is 5.56 Å². The smallest absolute Gasteiger partial charge is 0.138 e. The fraction of sp³-hybridized carbons (Fsp3) is 0.0769. The molecule has 0 unspecified atom stereocenters. The predicted octanol–water partition coefficient (Wildman–Crippen LogP) is 3.34. The van der Waals surface area contributed by atoms with Crippen LogP contribution in [0, 0.1) is 5.82 Å². The lowest BCUT2D eigenvalue weighted by atomic mass is 10.2. The van der Waals surface area contributed by atoms with E-state index in [1.165, 1.54) is 12.1 Å². The average molecular weight is 267 g/mol. The molecule has 0 radical (unpaired) electrons. The Labute approximate surface area is 109 Å². The summed E-state index contributed by atoms with van der Waals surface area (Å²) >= 11 is 6.01. The van der Waals surface area contributed by atoms with E-state index in [1.54, 1.807) is 30.3 Å². The van der Waals surface area contributed by atoms with E-state index >= 15 is 0 Å². The maximum absolute atomic E-state index is 13.0. The third-order valence-corrected chi connectivity index (χ3v) is 2.68. The summed E-state index contributed by atoms with van der Waals surface area (Å²) in [6.45, 7) is 0.257. The summed E-state index contributed by atoms with van der Waals surface area (Å²) in [6.07, 6.45) is 0. The number of nitrogen functional groups attached to an aromatic ring is 1. The summed E-state index contributed by atoms with van der Waals surface area (Å²) in [5, 5.41) is 0.446. The van der Waals surface area contributed by atoms with Gasteiger partial charge in [0.25, 0.3) is 0 Å². The normalized spacial score (nSPS) is 10.2. The predicted molar refractivity (Wildman–Crippen MR) is 70.0 cm³/mol. The van der Waals surface area contributed by atoms with Gasteiger partial charge in [-0.15, -0.1) is 0 Å². The number of nitrogens with one attached hydrogen (secondary N) is 1. The molecule has 0 aliphatic rings. The van der Waals surface area contributed by atoms with Crippen LogP contribution in [0.3, 0.4) is 0 Å². The van der Waals surface area contributed by atoms with Crippen LogP contribution in [0.4, 0.5) is 10.1 Å². The summed E-state index contributed by atoms with van der Waals surface area (Å²) in [7, 11) is 0. The lowest BCUT2D eigenvalue weighted by Gasteiger charge is -2.09. The van der Waals surface area contributed by atoms with Crippen molar-refractivity contribution >= 4 is 17.3 Å². The molecule has 0 heterocycles. The molecule has 0 aromatic heterocycles. The second-order valence-corrected chi connectivity index (χ2v) is 4.12. The molecule has 3 N–H and O–H groups in total. The topological polar surface area (TPSA) is 47.3 Å². The third-order valence-electron chi connectivity index (χ3n) is 2.38. The Morgan fingerprint density at radius 2 is 2.06 bits per heavy atom. The quantitative estimate of drug-likeness (QED) is 0.659. The van der Waals surface area contributed by atoms with Crippen LogP contribution >= 0.6 is 11.6 Å². The van der Waals surface area contributed by atoms with Crippen LogP contribution in [0.5, 0.6) is 5.75 Å². The molecule has 2 rings (SSSR count). The van der Waals surface area contributed by atoms with Gasteiger partial charge in [0.2, 0.25) is 0 Å². The lowest BCUT2D eigenvalue weighted by molar-refractivity contribution is 0.306. The largest absolute Gasteiger partial charge is 0.487 e. The SMILES string of the molecule is NNc1ccc(OCc2cccc(F)c2)c(Cl)c1. The molecule has 2 aromatic rings. The molecule has 0 atom stereocenters. The van der Waals surface area contributed by atoms with Gasteiger partial charge in [-0.25, -0.2) is 4.39 Å². The summed E-state index contributed by atoms with van der Waals surface area (Å²) < 4.78 is 18.5. The highest BCUT2D eigenvalue weighted by molar-refractivity contribution is 6.32. The molecule has 0 spiro atoms. The van der Waals surface area contributed by atoms with E-state index in [4.69, 9.17) is 22.2 Å². The zero-order valence-corrected chi connectivity index (χ0v) is 10.2. The molecule has 0 aliphatic carbocycles. The van der Waals surface area contributed by atoms with Crippen molar-refractivity contribution in [3.05, 3.63) is 58.9 Å². The van der Waals surface area contributed by atoms with Gasteiger partial charge < -0.3 is 10.2 Å². The van der Waals surface area contributed by atoms with Crippen molar-refractivity contribution in [3.63, 3.8) is 0 Å². The van der Waals surface area contributed by atoms with Gasteiger partial charge in [0.05, 0.1) is 10.7 Å². The minimum Gasteiger partial charge on any atom is -0.487 e. The summed E-state index contributed by atoms with van der Waals surface area (Å²) in [6, 6.07) is 11.3. The Balaban J connectivity index is 2.06. The Bertz CT molecular complexity index is 548. The summed E-state index contributed by atoms with van der Waals surface area (Å²) in [5.74, 6) is 5.50. The number of ether oxygens (including phenoxy) is 1. The molecule has 3 nitrogen and oxygen atoms in total. The van der Waals surface area contributed by atoms with Crippen molar-refractivity contribution in [2.45, 2.75) is 6.61 Å². The first-order valence-electron chi connectivity index (χ1n) is 5.32. The van der Waals surface area contributed by atoms with Crippen molar-refractivity contribution in [1.82, 2.24) is 0 Å². The second-order valence-electron chi connectivity index (χ2n) is 3.71. The zero-order chi connectivity index (χ0) is 13.0. The number of hydrogen-bond donors (Lipinski definition) is 2. The van der Waals surface area contributed by atoms with Crippen molar-refractivity contribution in [2.24, 2.45) is 5.84 Å². The number of hydrogen-bond acceptors (Lipinski definition) is 3. The molecule has 0 fully saturated rings. The van der Waals surface area contributed by atoms with Crippen molar-refractivity contribution in [3.8, 4) is 5.75 Å². The fourth-order valence-corrected chi connectivity index (χ4v) is 1.73. The molecule has 5 heteroatoms. The van der Waals surface area contributed by atoms with Crippen molar-refractivity contribution < 1.29 is 9.13 Å². The van der Waals surface area contributed by atoms with Crippen LogP contribution in [-0.2, 0) is 6.61 Å². The van der Waals surface area contributed by atoms with Crippen LogP contribution in [-0.4, -0.2) is 0 Å². The molecule has 94 valence electrons. The van der Waals surface area contributed by atoms with Crippen molar-refractivity contribution in [1.29, 1.82) is 0 Å².